The summed E-state index contributed by atoms with van der Waals surface area (Å²) in [5, 5.41) is 0.971. The average Bonchev–Trinajstić information content (AvgIpc) is 2.81. The van der Waals surface area contributed by atoms with Gasteiger partial charge in [0.25, 0.3) is 0 Å². The summed E-state index contributed by atoms with van der Waals surface area (Å²) in [7, 11) is 0. The molecule has 1 aromatic heterocycles. The summed E-state index contributed by atoms with van der Waals surface area (Å²) in [5.41, 5.74) is 4.52. The molecule has 3 rings (SSSR count). The molecule has 1 aliphatic carbocycles. The van der Waals surface area contributed by atoms with Crippen LogP contribution in [0.2, 0.25) is 0 Å². The van der Waals surface area contributed by atoms with Crippen LogP contribution in [-0.4, -0.2) is 10.8 Å². The lowest BCUT2D eigenvalue weighted by Crippen LogP contribution is -2.07. The van der Waals surface area contributed by atoms with Crippen molar-refractivity contribution >= 4 is 33.0 Å². The van der Waals surface area contributed by atoms with Crippen LogP contribution in [0, 0.1) is 13.8 Å². The van der Waals surface area contributed by atoms with Gasteiger partial charge in [0, 0.05) is 16.5 Å². The summed E-state index contributed by atoms with van der Waals surface area (Å²) >= 11 is 5.13. The van der Waals surface area contributed by atoms with E-state index in [-0.39, 0.29) is 5.78 Å². The molecule has 2 aromatic rings. The van der Waals surface area contributed by atoms with Gasteiger partial charge in [0.2, 0.25) is 0 Å². The third-order valence-corrected chi connectivity index (χ3v) is 5.89. The number of carbonyl (C=O) groups is 1. The number of aromatic nitrogens is 1. The monoisotopic (exact) mass is 335 g/mol. The van der Waals surface area contributed by atoms with Gasteiger partial charge in [0.1, 0.15) is 5.01 Å². The van der Waals surface area contributed by atoms with Crippen LogP contribution in [0.1, 0.15) is 39.3 Å². The smallest absolute Gasteiger partial charge is 0.174 e. The van der Waals surface area contributed by atoms with Crippen LogP contribution in [0.3, 0.4) is 0 Å². The quantitative estimate of drug-likeness (QED) is 0.755. The van der Waals surface area contributed by atoms with Gasteiger partial charge in [-0.1, -0.05) is 15.9 Å². The highest BCUT2D eigenvalue weighted by atomic mass is 79.9. The van der Waals surface area contributed by atoms with Gasteiger partial charge >= 0.3 is 0 Å². The fraction of sp³-hybridized carbons (Fsp3) is 0.333. The zero-order valence-electron chi connectivity index (χ0n) is 10.9. The Balaban J connectivity index is 2.10. The van der Waals surface area contributed by atoms with Crippen LogP contribution in [0.4, 0.5) is 0 Å². The lowest BCUT2D eigenvalue weighted by molar-refractivity contribution is 0.0976. The van der Waals surface area contributed by atoms with Crippen molar-refractivity contribution < 1.29 is 4.79 Å². The Hall–Kier alpha value is -1.00. The zero-order valence-corrected chi connectivity index (χ0v) is 13.3. The van der Waals surface area contributed by atoms with E-state index in [4.69, 9.17) is 0 Å². The predicted octanol–water partition coefficient (Wildman–Crippen LogP) is 4.71. The molecule has 0 fully saturated rings. The molecule has 19 heavy (non-hydrogen) atoms. The lowest BCUT2D eigenvalue weighted by Gasteiger charge is -2.06. The number of ketones is 1. The molecule has 2 nitrogen and oxygen atoms in total. The van der Waals surface area contributed by atoms with Crippen molar-refractivity contribution in [3.05, 3.63) is 38.3 Å². The van der Waals surface area contributed by atoms with Crippen molar-refractivity contribution in [2.75, 3.05) is 0 Å². The van der Waals surface area contributed by atoms with Gasteiger partial charge in [-0.15, -0.1) is 11.3 Å². The molecule has 98 valence electrons. The summed E-state index contributed by atoms with van der Waals surface area (Å²) < 4.78 is 1.15. The van der Waals surface area contributed by atoms with Crippen molar-refractivity contribution in [3.63, 3.8) is 0 Å². The van der Waals surface area contributed by atoms with Gasteiger partial charge < -0.3 is 0 Å². The van der Waals surface area contributed by atoms with Gasteiger partial charge in [0.05, 0.1) is 10.6 Å². The highest BCUT2D eigenvalue weighted by molar-refractivity contribution is 9.10. The lowest BCUT2D eigenvalue weighted by atomic mass is 10.0. The van der Waals surface area contributed by atoms with E-state index < -0.39 is 0 Å². The van der Waals surface area contributed by atoms with E-state index in [9.17, 15) is 4.79 Å². The standard InChI is InChI=1S/C15H14BrNOS/c1-8-6-10(7-9(2)13(8)16)15-17-11-4-3-5-12(18)14(11)19-15/h6-7H,3-5H2,1-2H3. The van der Waals surface area contributed by atoms with E-state index in [0.717, 1.165) is 38.5 Å². The highest BCUT2D eigenvalue weighted by Crippen LogP contribution is 2.35. The highest BCUT2D eigenvalue weighted by Gasteiger charge is 2.22. The second-order valence-corrected chi connectivity index (χ2v) is 6.79. The maximum absolute atomic E-state index is 11.9. The number of thiazole rings is 1. The third kappa shape index (κ3) is 2.28. The van der Waals surface area contributed by atoms with E-state index in [0.29, 0.717) is 6.42 Å². The van der Waals surface area contributed by atoms with Gasteiger partial charge in [-0.3, -0.25) is 4.79 Å². The van der Waals surface area contributed by atoms with Crippen molar-refractivity contribution in [3.8, 4) is 10.6 Å². The van der Waals surface area contributed by atoms with Crippen molar-refractivity contribution in [1.82, 2.24) is 4.98 Å². The van der Waals surface area contributed by atoms with Crippen LogP contribution in [-0.2, 0) is 6.42 Å². The number of halogens is 1. The first-order chi connectivity index (χ1) is 9.06. The minimum absolute atomic E-state index is 0.260. The predicted molar refractivity (Wildman–Crippen MR) is 82.0 cm³/mol. The first-order valence-electron chi connectivity index (χ1n) is 6.36. The fourth-order valence-corrected chi connectivity index (χ4v) is 3.76. The van der Waals surface area contributed by atoms with Crippen LogP contribution in [0.15, 0.2) is 16.6 Å². The summed E-state index contributed by atoms with van der Waals surface area (Å²) in [6.45, 7) is 4.17. The minimum Gasteiger partial charge on any atom is -0.293 e. The van der Waals surface area contributed by atoms with Gasteiger partial charge in [-0.2, -0.15) is 0 Å². The number of rotatable bonds is 1. The SMILES string of the molecule is Cc1cc(-c2nc3c(s2)C(=O)CCC3)cc(C)c1Br. The maximum Gasteiger partial charge on any atom is 0.174 e. The van der Waals surface area contributed by atoms with Crippen LogP contribution in [0.5, 0.6) is 0 Å². The molecule has 1 heterocycles. The fourth-order valence-electron chi connectivity index (χ4n) is 2.46. The Morgan fingerprint density at radius 1 is 1.21 bits per heavy atom. The molecule has 0 saturated heterocycles. The normalized spacial score (nSPS) is 14.6. The number of hydrogen-bond donors (Lipinski definition) is 0. The molecule has 0 bridgehead atoms. The molecule has 4 heteroatoms. The Morgan fingerprint density at radius 2 is 1.89 bits per heavy atom. The van der Waals surface area contributed by atoms with E-state index in [1.54, 1.807) is 11.3 Å². The summed E-state index contributed by atoms with van der Waals surface area (Å²) in [6, 6.07) is 4.26. The maximum atomic E-state index is 11.9. The molecule has 0 aliphatic heterocycles. The molecular formula is C15H14BrNOS. The Morgan fingerprint density at radius 3 is 2.53 bits per heavy atom. The second-order valence-electron chi connectivity index (χ2n) is 5.00. The molecule has 0 amide bonds. The zero-order chi connectivity index (χ0) is 13.6. The molecule has 1 aliphatic rings. The van der Waals surface area contributed by atoms with Gasteiger partial charge in [-0.25, -0.2) is 4.98 Å². The van der Waals surface area contributed by atoms with E-state index in [1.165, 1.54) is 11.1 Å². The first-order valence-corrected chi connectivity index (χ1v) is 7.97. The molecule has 0 N–H and O–H groups in total. The van der Waals surface area contributed by atoms with Gasteiger partial charge in [-0.05, 0) is 49.9 Å². The number of carbonyl (C=O) groups excluding carboxylic acids is 1. The summed E-state index contributed by atoms with van der Waals surface area (Å²) in [4.78, 5) is 17.4. The van der Waals surface area contributed by atoms with Crippen LogP contribution < -0.4 is 0 Å². The molecular weight excluding hydrogens is 322 g/mol. The van der Waals surface area contributed by atoms with Crippen molar-refractivity contribution in [2.45, 2.75) is 33.1 Å². The van der Waals surface area contributed by atoms with Crippen molar-refractivity contribution in [2.24, 2.45) is 0 Å². The second kappa shape index (κ2) is 4.84. The number of aryl methyl sites for hydroxylation is 3. The minimum atomic E-state index is 0.260. The van der Waals surface area contributed by atoms with Crippen LogP contribution in [0.25, 0.3) is 10.6 Å². The molecule has 0 unspecified atom stereocenters. The number of fused-ring (bicyclic) bond motifs is 1. The number of hydrogen-bond acceptors (Lipinski definition) is 3. The van der Waals surface area contributed by atoms with E-state index in [1.807, 2.05) is 0 Å². The summed E-state index contributed by atoms with van der Waals surface area (Å²) in [5.74, 6) is 0.260. The van der Waals surface area contributed by atoms with Crippen molar-refractivity contribution in [1.29, 1.82) is 0 Å². The van der Waals surface area contributed by atoms with E-state index >= 15 is 0 Å². The number of benzene rings is 1. The summed E-state index contributed by atoms with van der Waals surface area (Å²) in [6.07, 6.45) is 2.55. The average molecular weight is 336 g/mol. The van der Waals surface area contributed by atoms with Gasteiger partial charge in [0.15, 0.2) is 5.78 Å². The third-order valence-electron chi connectivity index (χ3n) is 3.45. The molecule has 1 aromatic carbocycles. The molecule has 0 saturated carbocycles. The Bertz CT molecular complexity index is 652. The van der Waals surface area contributed by atoms with E-state index in [2.05, 4.69) is 46.9 Å². The molecule has 0 radical (unpaired) electrons. The largest absolute Gasteiger partial charge is 0.293 e. The Kier molecular flexibility index (Phi) is 3.31. The number of Topliss-reactive ketones (excluding diaryl/α,β-unsaturated/α-hetero) is 1. The topological polar surface area (TPSA) is 30.0 Å². The first kappa shape index (κ1) is 13.0. The Labute approximate surface area is 125 Å². The number of nitrogens with zero attached hydrogens (tertiary/aromatic N) is 1. The molecule has 0 atom stereocenters. The molecule has 0 spiro atoms. The van der Waals surface area contributed by atoms with Crippen LogP contribution >= 0.6 is 27.3 Å².